The fourth-order valence-corrected chi connectivity index (χ4v) is 3.77. The molecule has 6 heteroatoms. The van der Waals surface area contributed by atoms with Crippen LogP contribution in [0, 0.1) is 5.92 Å². The summed E-state index contributed by atoms with van der Waals surface area (Å²) in [6.07, 6.45) is 5.71. The number of nitrogens with one attached hydrogen (secondary N) is 1. The van der Waals surface area contributed by atoms with Crippen LogP contribution >= 0.6 is 0 Å². The summed E-state index contributed by atoms with van der Waals surface area (Å²) >= 11 is 0. The van der Waals surface area contributed by atoms with Gasteiger partial charge in [0.15, 0.2) is 0 Å². The minimum atomic E-state index is -0.172. The standard InChI is InChI=1S/C23H26N4O2/c1-27(16-18-8-11-29-12-9-18)15-17-4-6-19(7-5-17)23-25-21(13-22(28)26-23)20-3-2-10-24-14-20/h2-7,10,13-14,18H,8-9,11-12,15-16H2,1H3,(H,25,26,28). The first-order valence-corrected chi connectivity index (χ1v) is 10.0. The Labute approximate surface area is 170 Å². The molecule has 1 aliphatic rings. The number of benzene rings is 1. The second-order valence-electron chi connectivity index (χ2n) is 7.67. The highest BCUT2D eigenvalue weighted by atomic mass is 16.5. The Morgan fingerprint density at radius 2 is 1.93 bits per heavy atom. The van der Waals surface area contributed by atoms with Gasteiger partial charge < -0.3 is 14.6 Å². The van der Waals surface area contributed by atoms with Crippen molar-refractivity contribution in [2.24, 2.45) is 5.92 Å². The third kappa shape index (κ3) is 5.16. The van der Waals surface area contributed by atoms with Crippen molar-refractivity contribution in [1.29, 1.82) is 0 Å². The minimum Gasteiger partial charge on any atom is -0.381 e. The van der Waals surface area contributed by atoms with Gasteiger partial charge >= 0.3 is 0 Å². The number of nitrogens with zero attached hydrogens (tertiary/aromatic N) is 3. The summed E-state index contributed by atoms with van der Waals surface area (Å²) in [4.78, 5) is 26.1. The third-order valence-corrected chi connectivity index (χ3v) is 5.29. The van der Waals surface area contributed by atoms with Crippen molar-refractivity contribution in [3.05, 3.63) is 70.8 Å². The van der Waals surface area contributed by atoms with E-state index in [1.807, 2.05) is 24.3 Å². The molecule has 3 aromatic rings. The van der Waals surface area contributed by atoms with Gasteiger partial charge in [0.25, 0.3) is 5.56 Å². The molecule has 0 radical (unpaired) electrons. The van der Waals surface area contributed by atoms with E-state index in [0.29, 0.717) is 11.5 Å². The molecular weight excluding hydrogens is 364 g/mol. The summed E-state index contributed by atoms with van der Waals surface area (Å²) < 4.78 is 5.45. The van der Waals surface area contributed by atoms with Crippen LogP contribution in [0.2, 0.25) is 0 Å². The maximum Gasteiger partial charge on any atom is 0.251 e. The summed E-state index contributed by atoms with van der Waals surface area (Å²) in [5.74, 6) is 1.29. The van der Waals surface area contributed by atoms with Gasteiger partial charge in [-0.05, 0) is 43.5 Å². The molecule has 2 aromatic heterocycles. The fourth-order valence-electron chi connectivity index (χ4n) is 3.77. The Bertz CT molecular complexity index is 980. The number of ether oxygens (including phenoxy) is 1. The van der Waals surface area contributed by atoms with Crippen molar-refractivity contribution < 1.29 is 4.74 Å². The summed E-state index contributed by atoms with van der Waals surface area (Å²) in [5.41, 5.74) is 3.41. The van der Waals surface area contributed by atoms with E-state index in [0.717, 1.165) is 56.2 Å². The van der Waals surface area contributed by atoms with Gasteiger partial charge in [-0.2, -0.15) is 0 Å². The molecule has 0 amide bonds. The summed E-state index contributed by atoms with van der Waals surface area (Å²) in [7, 11) is 2.17. The van der Waals surface area contributed by atoms with Gasteiger partial charge in [0.05, 0.1) is 5.69 Å². The smallest absolute Gasteiger partial charge is 0.251 e. The molecular formula is C23H26N4O2. The summed E-state index contributed by atoms with van der Waals surface area (Å²) in [6.45, 7) is 3.76. The monoisotopic (exact) mass is 390 g/mol. The Hall–Kier alpha value is -2.83. The van der Waals surface area contributed by atoms with Crippen LogP contribution in [-0.4, -0.2) is 46.7 Å². The van der Waals surface area contributed by atoms with Crippen LogP contribution < -0.4 is 5.56 Å². The molecule has 1 aliphatic heterocycles. The Kier molecular flexibility index (Phi) is 6.12. The Morgan fingerprint density at radius 1 is 1.14 bits per heavy atom. The van der Waals surface area contributed by atoms with Crippen molar-refractivity contribution in [2.75, 3.05) is 26.8 Å². The molecule has 1 fully saturated rings. The number of rotatable bonds is 6. The molecule has 0 saturated carbocycles. The molecule has 1 saturated heterocycles. The summed E-state index contributed by atoms with van der Waals surface area (Å²) in [5, 5.41) is 0. The largest absolute Gasteiger partial charge is 0.381 e. The van der Waals surface area contributed by atoms with Gasteiger partial charge in [-0.3, -0.25) is 9.78 Å². The fraction of sp³-hybridized carbons (Fsp3) is 0.348. The number of aromatic amines is 1. The topological polar surface area (TPSA) is 71.1 Å². The van der Waals surface area contributed by atoms with E-state index in [1.54, 1.807) is 12.4 Å². The van der Waals surface area contributed by atoms with Gasteiger partial charge in [-0.1, -0.05) is 24.3 Å². The normalized spacial score (nSPS) is 15.0. The van der Waals surface area contributed by atoms with E-state index < -0.39 is 0 Å². The summed E-state index contributed by atoms with van der Waals surface area (Å²) in [6, 6.07) is 13.5. The van der Waals surface area contributed by atoms with Crippen LogP contribution in [0.1, 0.15) is 18.4 Å². The van der Waals surface area contributed by atoms with Crippen molar-refractivity contribution in [3.8, 4) is 22.6 Å². The van der Waals surface area contributed by atoms with Crippen molar-refractivity contribution in [2.45, 2.75) is 19.4 Å². The molecule has 29 heavy (non-hydrogen) atoms. The zero-order valence-electron chi connectivity index (χ0n) is 16.7. The molecule has 1 aromatic carbocycles. The lowest BCUT2D eigenvalue weighted by Gasteiger charge is -2.27. The molecule has 3 heterocycles. The first kappa shape index (κ1) is 19.5. The number of hydrogen-bond donors (Lipinski definition) is 1. The van der Waals surface area contributed by atoms with Crippen LogP contribution in [0.25, 0.3) is 22.6 Å². The lowest BCUT2D eigenvalue weighted by molar-refractivity contribution is 0.0549. The quantitative estimate of drug-likeness (QED) is 0.699. The molecule has 150 valence electrons. The van der Waals surface area contributed by atoms with Gasteiger partial charge in [-0.15, -0.1) is 0 Å². The molecule has 0 spiro atoms. The van der Waals surface area contributed by atoms with Gasteiger partial charge in [-0.25, -0.2) is 4.98 Å². The zero-order valence-corrected chi connectivity index (χ0v) is 16.7. The first-order chi connectivity index (χ1) is 14.2. The second-order valence-corrected chi connectivity index (χ2v) is 7.67. The first-order valence-electron chi connectivity index (χ1n) is 10.0. The highest BCUT2D eigenvalue weighted by Gasteiger charge is 2.16. The van der Waals surface area contributed by atoms with Crippen LogP contribution in [0.4, 0.5) is 0 Å². The Morgan fingerprint density at radius 3 is 2.66 bits per heavy atom. The number of aromatic nitrogens is 3. The van der Waals surface area contributed by atoms with Gasteiger partial charge in [0.2, 0.25) is 0 Å². The predicted octanol–water partition coefficient (Wildman–Crippen LogP) is 3.36. The van der Waals surface area contributed by atoms with Crippen molar-refractivity contribution in [3.63, 3.8) is 0 Å². The maximum absolute atomic E-state index is 12.1. The van der Waals surface area contributed by atoms with E-state index in [2.05, 4.69) is 39.0 Å². The molecule has 1 N–H and O–H groups in total. The van der Waals surface area contributed by atoms with E-state index in [4.69, 9.17) is 4.74 Å². The molecule has 6 nitrogen and oxygen atoms in total. The number of pyridine rings is 1. The van der Waals surface area contributed by atoms with Crippen LogP contribution in [0.3, 0.4) is 0 Å². The lowest BCUT2D eigenvalue weighted by atomic mass is 9.99. The predicted molar refractivity (Wildman–Crippen MR) is 113 cm³/mol. The average Bonchev–Trinajstić information content (AvgIpc) is 2.75. The van der Waals surface area contributed by atoms with E-state index in [1.165, 1.54) is 11.6 Å². The van der Waals surface area contributed by atoms with E-state index >= 15 is 0 Å². The molecule has 4 rings (SSSR count). The van der Waals surface area contributed by atoms with E-state index in [9.17, 15) is 4.79 Å². The molecule has 0 unspecified atom stereocenters. The molecule has 0 aliphatic carbocycles. The Balaban J connectivity index is 1.46. The third-order valence-electron chi connectivity index (χ3n) is 5.29. The van der Waals surface area contributed by atoms with Crippen molar-refractivity contribution >= 4 is 0 Å². The van der Waals surface area contributed by atoms with Crippen molar-refractivity contribution in [1.82, 2.24) is 19.9 Å². The van der Waals surface area contributed by atoms with E-state index in [-0.39, 0.29) is 5.56 Å². The van der Waals surface area contributed by atoms with Crippen LogP contribution in [0.5, 0.6) is 0 Å². The van der Waals surface area contributed by atoms with Gasteiger partial charge in [0.1, 0.15) is 5.82 Å². The van der Waals surface area contributed by atoms with Gasteiger partial charge in [0, 0.05) is 55.9 Å². The zero-order chi connectivity index (χ0) is 20.1. The highest BCUT2D eigenvalue weighted by Crippen LogP contribution is 2.20. The number of H-pyrrole nitrogens is 1. The average molecular weight is 390 g/mol. The SMILES string of the molecule is CN(Cc1ccc(-c2nc(-c3cccnc3)cc(=O)[nH]2)cc1)CC1CCOCC1. The van der Waals surface area contributed by atoms with Crippen LogP contribution in [0.15, 0.2) is 59.7 Å². The molecule has 0 atom stereocenters. The second kappa shape index (κ2) is 9.11. The minimum absolute atomic E-state index is 0.172. The lowest BCUT2D eigenvalue weighted by Crippen LogP contribution is -2.29. The molecule has 0 bridgehead atoms. The van der Waals surface area contributed by atoms with Crippen LogP contribution in [-0.2, 0) is 11.3 Å². The number of hydrogen-bond acceptors (Lipinski definition) is 5. The maximum atomic E-state index is 12.1. The highest BCUT2D eigenvalue weighted by molar-refractivity contribution is 5.62.